The molecule has 0 amide bonds. The highest BCUT2D eigenvalue weighted by Crippen LogP contribution is 2.34. The Bertz CT molecular complexity index is 2410. The van der Waals surface area contributed by atoms with Gasteiger partial charge in [0.15, 0.2) is 0 Å². The zero-order valence-corrected chi connectivity index (χ0v) is 29.5. The molecule has 272 valence electrons. The second kappa shape index (κ2) is 16.4. The van der Waals surface area contributed by atoms with Gasteiger partial charge < -0.3 is 19.3 Å². The summed E-state index contributed by atoms with van der Waals surface area (Å²) in [7, 11) is 0. The fourth-order valence-electron chi connectivity index (χ4n) is 5.76. The minimum absolute atomic E-state index is 0.0606. The fourth-order valence-corrected chi connectivity index (χ4v) is 5.76. The first kappa shape index (κ1) is 36.4. The highest BCUT2D eigenvalue weighted by molar-refractivity contribution is 5.94. The lowest BCUT2D eigenvalue weighted by Crippen LogP contribution is -2.08. The lowest BCUT2D eigenvalue weighted by atomic mass is 9.92. The van der Waals surface area contributed by atoms with Crippen molar-refractivity contribution in [2.75, 3.05) is 0 Å². The molecule has 9 nitrogen and oxygen atoms in total. The maximum Gasteiger partial charge on any atom is 0.343 e. The second-order valence-electron chi connectivity index (χ2n) is 12.6. The van der Waals surface area contributed by atoms with Crippen molar-refractivity contribution < 1.29 is 43.3 Å². The Hall–Kier alpha value is -7.91. The number of hydrogen-bond acceptors (Lipinski definition) is 9. The average Bonchev–Trinajstić information content (AvgIpc) is 3.25. The van der Waals surface area contributed by atoms with Gasteiger partial charge in [0.05, 0.1) is 16.7 Å². The van der Waals surface area contributed by atoms with Crippen LogP contribution in [0.5, 0.6) is 23.0 Å². The molecule has 0 bridgehead atoms. The van der Waals surface area contributed by atoms with E-state index in [1.807, 2.05) is 54.6 Å². The monoisotopic (exact) mass is 738 g/mol. The van der Waals surface area contributed by atoms with Crippen LogP contribution in [0.25, 0.3) is 33.4 Å². The van der Waals surface area contributed by atoms with Gasteiger partial charge in [-0.1, -0.05) is 36.4 Å². The summed E-state index contributed by atoms with van der Waals surface area (Å²) in [5.41, 5.74) is 6.89. The molecule has 7 aromatic rings. The first-order valence-electron chi connectivity index (χ1n) is 17.3. The third-order valence-corrected chi connectivity index (χ3v) is 8.80. The molecule has 0 radical (unpaired) electrons. The van der Waals surface area contributed by atoms with E-state index in [-0.39, 0.29) is 5.75 Å². The van der Waals surface area contributed by atoms with E-state index in [0.717, 1.165) is 33.4 Å². The SMILES string of the molecule is O=Cc1ccc(OC(=O)c2ccc(-c3cc(-c4ccc(C(=O)Oc5ccc(O)cc5)cc4)cc(-c4ccc(C(=O)Oc5ccc(C=O)cc5)cc4)c3)cc2)cc1. The molecular weight excluding hydrogens is 709 g/mol. The van der Waals surface area contributed by atoms with Crippen molar-refractivity contribution in [3.05, 3.63) is 192 Å². The molecule has 7 aromatic carbocycles. The Balaban J connectivity index is 1.16. The van der Waals surface area contributed by atoms with Crippen LogP contribution in [0, 0.1) is 0 Å². The van der Waals surface area contributed by atoms with Crippen molar-refractivity contribution in [1.82, 2.24) is 0 Å². The van der Waals surface area contributed by atoms with Crippen LogP contribution in [-0.4, -0.2) is 35.6 Å². The molecule has 0 saturated heterocycles. The number of carbonyl (C=O) groups excluding carboxylic acids is 5. The minimum Gasteiger partial charge on any atom is -0.508 e. The van der Waals surface area contributed by atoms with Gasteiger partial charge in [0, 0.05) is 11.1 Å². The zero-order chi connectivity index (χ0) is 39.0. The Kier molecular flexibility index (Phi) is 10.7. The van der Waals surface area contributed by atoms with Gasteiger partial charge >= 0.3 is 17.9 Å². The van der Waals surface area contributed by atoms with E-state index in [4.69, 9.17) is 14.2 Å². The fraction of sp³-hybridized carbons (Fsp3) is 0. The van der Waals surface area contributed by atoms with Gasteiger partial charge in [-0.05, 0) is 161 Å². The number of hydrogen-bond donors (Lipinski definition) is 1. The van der Waals surface area contributed by atoms with E-state index in [0.29, 0.717) is 57.6 Å². The molecule has 0 heterocycles. The van der Waals surface area contributed by atoms with Crippen molar-refractivity contribution in [3.8, 4) is 56.4 Å². The summed E-state index contributed by atoms with van der Waals surface area (Å²) in [6.45, 7) is 0. The van der Waals surface area contributed by atoms with Gasteiger partial charge in [-0.3, -0.25) is 9.59 Å². The molecule has 1 N–H and O–H groups in total. The summed E-state index contributed by atoms with van der Waals surface area (Å²) < 4.78 is 16.4. The molecule has 0 saturated carbocycles. The molecule has 0 spiro atoms. The van der Waals surface area contributed by atoms with Crippen LogP contribution in [-0.2, 0) is 0 Å². The molecule has 0 aliphatic rings. The molecule has 0 aromatic heterocycles. The molecule has 0 aliphatic heterocycles. The van der Waals surface area contributed by atoms with E-state index < -0.39 is 17.9 Å². The summed E-state index contributed by atoms with van der Waals surface area (Å²) in [5.74, 6) is -0.663. The third kappa shape index (κ3) is 8.65. The Morgan fingerprint density at radius 1 is 0.357 bits per heavy atom. The smallest absolute Gasteiger partial charge is 0.343 e. The minimum atomic E-state index is -0.551. The molecule has 0 atom stereocenters. The van der Waals surface area contributed by atoms with Crippen LogP contribution < -0.4 is 14.2 Å². The summed E-state index contributed by atoms with van der Waals surface area (Å²) in [6.07, 6.45) is 1.42. The largest absolute Gasteiger partial charge is 0.508 e. The van der Waals surface area contributed by atoms with E-state index in [2.05, 4.69) is 0 Å². The predicted molar refractivity (Wildman–Crippen MR) is 209 cm³/mol. The number of esters is 3. The first-order chi connectivity index (χ1) is 27.2. The summed E-state index contributed by atoms with van der Waals surface area (Å²) in [4.78, 5) is 60.6. The second-order valence-corrected chi connectivity index (χ2v) is 12.6. The molecule has 9 heteroatoms. The number of aromatic hydroxyl groups is 1. The van der Waals surface area contributed by atoms with Crippen LogP contribution in [0.4, 0.5) is 0 Å². The lowest BCUT2D eigenvalue weighted by Gasteiger charge is -2.13. The third-order valence-electron chi connectivity index (χ3n) is 8.80. The summed E-state index contributed by atoms with van der Waals surface area (Å²) >= 11 is 0. The van der Waals surface area contributed by atoms with Crippen molar-refractivity contribution >= 4 is 30.5 Å². The van der Waals surface area contributed by atoms with Crippen LogP contribution in [0.1, 0.15) is 51.8 Å². The number of carbonyl (C=O) groups is 5. The average molecular weight is 739 g/mol. The predicted octanol–water partition coefficient (Wildman–Crippen LogP) is 9.68. The van der Waals surface area contributed by atoms with Crippen LogP contribution >= 0.6 is 0 Å². The highest BCUT2D eigenvalue weighted by atomic mass is 16.5. The van der Waals surface area contributed by atoms with Crippen molar-refractivity contribution in [2.45, 2.75) is 0 Å². The van der Waals surface area contributed by atoms with Crippen molar-refractivity contribution in [2.24, 2.45) is 0 Å². The maximum atomic E-state index is 12.9. The quantitative estimate of drug-likeness (QED) is 0.0782. The summed E-state index contributed by atoms with van der Waals surface area (Å²) in [5, 5.41) is 9.53. The number of phenols is 1. The topological polar surface area (TPSA) is 133 Å². The molecule has 0 aliphatic carbocycles. The standard InChI is InChI=1S/C47H30O9/c48-28-30-1-19-42(20-2-30)54-45(51)35-11-5-32(6-12-35)38-25-39(33-7-13-36(14-8-33)46(52)55-43-21-3-31(29-49)4-22-43)27-40(26-38)34-9-15-37(16-10-34)47(53)56-44-23-17-41(50)18-24-44/h1-29,50H. The van der Waals surface area contributed by atoms with E-state index in [1.54, 1.807) is 84.9 Å². The Labute approximate surface area is 321 Å². The van der Waals surface area contributed by atoms with E-state index in [9.17, 15) is 29.1 Å². The van der Waals surface area contributed by atoms with Crippen LogP contribution in [0.15, 0.2) is 164 Å². The number of phenolic OH excluding ortho intramolecular Hbond substituents is 1. The Morgan fingerprint density at radius 3 is 0.893 bits per heavy atom. The van der Waals surface area contributed by atoms with Gasteiger partial charge in [0.2, 0.25) is 0 Å². The van der Waals surface area contributed by atoms with E-state index >= 15 is 0 Å². The van der Waals surface area contributed by atoms with Gasteiger partial charge in [0.25, 0.3) is 0 Å². The van der Waals surface area contributed by atoms with Crippen LogP contribution in [0.3, 0.4) is 0 Å². The molecule has 56 heavy (non-hydrogen) atoms. The first-order valence-corrected chi connectivity index (χ1v) is 17.3. The summed E-state index contributed by atoms with van der Waals surface area (Å²) in [6, 6.07) is 45.3. The number of ether oxygens (including phenoxy) is 3. The number of benzene rings is 7. The normalized spacial score (nSPS) is 10.6. The van der Waals surface area contributed by atoms with E-state index in [1.165, 1.54) is 24.3 Å². The van der Waals surface area contributed by atoms with Gasteiger partial charge in [-0.2, -0.15) is 0 Å². The van der Waals surface area contributed by atoms with Crippen molar-refractivity contribution in [1.29, 1.82) is 0 Å². The molecular formula is C47H30O9. The van der Waals surface area contributed by atoms with Crippen LogP contribution in [0.2, 0.25) is 0 Å². The highest BCUT2D eigenvalue weighted by Gasteiger charge is 2.15. The van der Waals surface area contributed by atoms with Gasteiger partial charge in [0.1, 0.15) is 35.6 Å². The van der Waals surface area contributed by atoms with Crippen molar-refractivity contribution in [3.63, 3.8) is 0 Å². The number of rotatable bonds is 11. The molecule has 0 unspecified atom stereocenters. The zero-order valence-electron chi connectivity index (χ0n) is 29.5. The number of aldehydes is 2. The lowest BCUT2D eigenvalue weighted by molar-refractivity contribution is 0.0725. The maximum absolute atomic E-state index is 12.9. The van der Waals surface area contributed by atoms with Gasteiger partial charge in [-0.15, -0.1) is 0 Å². The molecule has 7 rings (SSSR count). The molecule has 0 fully saturated rings. The van der Waals surface area contributed by atoms with Gasteiger partial charge in [-0.25, -0.2) is 14.4 Å². The Morgan fingerprint density at radius 2 is 0.625 bits per heavy atom.